The topological polar surface area (TPSA) is 84.3 Å². The van der Waals surface area contributed by atoms with E-state index in [1.165, 1.54) is 4.90 Å². The highest BCUT2D eigenvalue weighted by Gasteiger charge is 2.30. The summed E-state index contributed by atoms with van der Waals surface area (Å²) in [5, 5.41) is 5.89. The van der Waals surface area contributed by atoms with Crippen molar-refractivity contribution in [2.24, 2.45) is 13.0 Å². The van der Waals surface area contributed by atoms with Gasteiger partial charge >= 0.3 is 0 Å². The smallest absolute Gasteiger partial charge is 0.241 e. The van der Waals surface area contributed by atoms with Crippen molar-refractivity contribution in [3.63, 3.8) is 0 Å². The molecule has 8 heteroatoms. The van der Waals surface area contributed by atoms with E-state index < -0.39 is 16.1 Å². The van der Waals surface area contributed by atoms with E-state index in [2.05, 4.69) is 9.82 Å². The van der Waals surface area contributed by atoms with Crippen LogP contribution in [0.15, 0.2) is 59.8 Å². The third-order valence-corrected chi connectivity index (χ3v) is 6.24. The van der Waals surface area contributed by atoms with E-state index in [0.29, 0.717) is 6.54 Å². The van der Waals surface area contributed by atoms with Gasteiger partial charge in [0.15, 0.2) is 0 Å². The Labute approximate surface area is 171 Å². The summed E-state index contributed by atoms with van der Waals surface area (Å²) >= 11 is 0. The van der Waals surface area contributed by atoms with Gasteiger partial charge in [-0.3, -0.25) is 9.48 Å². The van der Waals surface area contributed by atoms with Gasteiger partial charge in [0.05, 0.1) is 11.1 Å². The molecule has 29 heavy (non-hydrogen) atoms. The molecule has 1 atom stereocenters. The largest absolute Gasteiger partial charge is 0.340 e. The van der Waals surface area contributed by atoms with Gasteiger partial charge in [-0.15, -0.1) is 0 Å². The van der Waals surface area contributed by atoms with Crippen molar-refractivity contribution in [3.05, 3.63) is 60.4 Å². The van der Waals surface area contributed by atoms with Crippen LogP contribution in [0.2, 0.25) is 0 Å². The average molecular weight is 415 g/mol. The quantitative estimate of drug-likeness (QED) is 0.644. The van der Waals surface area contributed by atoms with Crippen molar-refractivity contribution in [2.75, 3.05) is 7.05 Å². The second kappa shape index (κ2) is 8.34. The van der Waals surface area contributed by atoms with Crippen molar-refractivity contribution in [2.45, 2.75) is 31.3 Å². The van der Waals surface area contributed by atoms with Gasteiger partial charge in [-0.1, -0.05) is 44.2 Å². The predicted octanol–water partition coefficient (Wildman–Crippen LogP) is 2.53. The van der Waals surface area contributed by atoms with Crippen LogP contribution < -0.4 is 4.72 Å². The van der Waals surface area contributed by atoms with Crippen LogP contribution in [0.4, 0.5) is 0 Å². The van der Waals surface area contributed by atoms with Crippen LogP contribution in [0.25, 0.3) is 10.8 Å². The Balaban J connectivity index is 1.81. The second-order valence-electron chi connectivity index (χ2n) is 7.57. The highest BCUT2D eigenvalue weighted by Crippen LogP contribution is 2.20. The number of carbonyl (C=O) groups excluding carboxylic acids is 1. The summed E-state index contributed by atoms with van der Waals surface area (Å²) in [6.45, 7) is 4.00. The minimum absolute atomic E-state index is 0.143. The molecule has 0 aliphatic carbocycles. The van der Waals surface area contributed by atoms with Gasteiger partial charge in [0.1, 0.15) is 6.04 Å². The standard InChI is InChI=1S/C21H26N4O3S/c1-15(2)20(21(26)24(3)13-16-12-22-25(4)14-16)23-29(27,28)19-10-9-17-7-5-6-8-18(17)11-19/h5-12,14-15,20,23H,13H2,1-4H3. The Morgan fingerprint density at radius 2 is 1.86 bits per heavy atom. The number of likely N-dealkylation sites (N-methyl/N-ethyl adjacent to an activating group) is 1. The van der Waals surface area contributed by atoms with Crippen LogP contribution in [-0.2, 0) is 28.4 Å². The fourth-order valence-corrected chi connectivity index (χ4v) is 4.56. The van der Waals surface area contributed by atoms with Gasteiger partial charge in [0, 0.05) is 32.4 Å². The van der Waals surface area contributed by atoms with Crippen LogP contribution in [-0.4, -0.2) is 42.1 Å². The zero-order chi connectivity index (χ0) is 21.2. The lowest BCUT2D eigenvalue weighted by Crippen LogP contribution is -2.49. The Bertz CT molecular complexity index is 1120. The number of aromatic nitrogens is 2. The molecule has 0 aliphatic heterocycles. The van der Waals surface area contributed by atoms with E-state index in [0.717, 1.165) is 16.3 Å². The van der Waals surface area contributed by atoms with Gasteiger partial charge < -0.3 is 4.90 Å². The van der Waals surface area contributed by atoms with Gasteiger partial charge in [-0.2, -0.15) is 9.82 Å². The molecule has 3 aromatic rings. The molecule has 7 nitrogen and oxygen atoms in total. The Morgan fingerprint density at radius 3 is 2.48 bits per heavy atom. The van der Waals surface area contributed by atoms with Crippen LogP contribution in [0.5, 0.6) is 0 Å². The van der Waals surface area contributed by atoms with Gasteiger partial charge in [0.2, 0.25) is 15.9 Å². The number of nitrogens with one attached hydrogen (secondary N) is 1. The third kappa shape index (κ3) is 4.83. The molecule has 0 saturated carbocycles. The normalized spacial score (nSPS) is 13.0. The van der Waals surface area contributed by atoms with Crippen molar-refractivity contribution >= 4 is 26.7 Å². The Morgan fingerprint density at radius 1 is 1.17 bits per heavy atom. The molecular weight excluding hydrogens is 388 g/mol. The van der Waals surface area contributed by atoms with Gasteiger partial charge in [-0.25, -0.2) is 8.42 Å². The summed E-state index contributed by atoms with van der Waals surface area (Å²) in [6.07, 6.45) is 3.51. The van der Waals surface area contributed by atoms with E-state index >= 15 is 0 Å². The molecular formula is C21H26N4O3S. The summed E-state index contributed by atoms with van der Waals surface area (Å²) < 4.78 is 30.2. The van der Waals surface area contributed by atoms with Gasteiger partial charge in [0.25, 0.3) is 0 Å². The van der Waals surface area contributed by atoms with Crippen LogP contribution in [0.3, 0.4) is 0 Å². The summed E-state index contributed by atoms with van der Waals surface area (Å²) in [7, 11) is -0.390. The van der Waals surface area contributed by atoms with E-state index in [1.807, 2.05) is 44.3 Å². The fourth-order valence-electron chi connectivity index (χ4n) is 3.18. The molecule has 1 unspecified atom stereocenters. The van der Waals surface area contributed by atoms with E-state index in [4.69, 9.17) is 0 Å². The number of hydrogen-bond donors (Lipinski definition) is 1. The maximum absolute atomic E-state index is 13.0. The molecule has 0 saturated heterocycles. The maximum Gasteiger partial charge on any atom is 0.241 e. The molecule has 1 heterocycles. The summed E-state index contributed by atoms with van der Waals surface area (Å²) in [5.74, 6) is -0.498. The first-order chi connectivity index (χ1) is 13.7. The number of carbonyl (C=O) groups is 1. The van der Waals surface area contributed by atoms with E-state index in [1.54, 1.807) is 43.2 Å². The molecule has 154 valence electrons. The molecule has 0 aliphatic rings. The lowest BCUT2D eigenvalue weighted by Gasteiger charge is -2.26. The van der Waals surface area contributed by atoms with Crippen LogP contribution in [0, 0.1) is 5.92 Å². The minimum atomic E-state index is -3.86. The van der Waals surface area contributed by atoms with Crippen LogP contribution >= 0.6 is 0 Å². The van der Waals surface area contributed by atoms with E-state index in [-0.39, 0.29) is 16.7 Å². The van der Waals surface area contributed by atoms with E-state index in [9.17, 15) is 13.2 Å². The minimum Gasteiger partial charge on any atom is -0.340 e. The third-order valence-electron chi connectivity index (χ3n) is 4.80. The SMILES string of the molecule is CC(C)C(NS(=O)(=O)c1ccc2ccccc2c1)C(=O)N(C)Cc1cnn(C)c1. The molecule has 1 N–H and O–H groups in total. The fraction of sp³-hybridized carbons (Fsp3) is 0.333. The summed E-state index contributed by atoms with van der Waals surface area (Å²) in [5.41, 5.74) is 0.878. The number of amides is 1. The number of nitrogens with zero attached hydrogens (tertiary/aromatic N) is 3. The highest BCUT2D eigenvalue weighted by atomic mass is 32.2. The number of sulfonamides is 1. The first kappa shape index (κ1) is 21.0. The number of fused-ring (bicyclic) bond motifs is 1. The average Bonchev–Trinajstić information content (AvgIpc) is 3.09. The molecule has 2 aromatic carbocycles. The predicted molar refractivity (Wildman–Crippen MR) is 113 cm³/mol. The molecule has 0 radical (unpaired) electrons. The van der Waals surface area contributed by atoms with Crippen molar-refractivity contribution in [1.29, 1.82) is 0 Å². The molecule has 0 spiro atoms. The van der Waals surface area contributed by atoms with Crippen molar-refractivity contribution < 1.29 is 13.2 Å². The molecule has 1 amide bonds. The Kier molecular flexibility index (Phi) is 6.04. The summed E-state index contributed by atoms with van der Waals surface area (Å²) in [6, 6.07) is 11.6. The number of benzene rings is 2. The van der Waals surface area contributed by atoms with Crippen molar-refractivity contribution in [3.8, 4) is 0 Å². The second-order valence-corrected chi connectivity index (χ2v) is 9.28. The zero-order valence-corrected chi connectivity index (χ0v) is 17.8. The molecule has 3 rings (SSSR count). The molecule has 0 bridgehead atoms. The zero-order valence-electron chi connectivity index (χ0n) is 17.0. The molecule has 0 fully saturated rings. The monoisotopic (exact) mass is 414 g/mol. The van der Waals surface area contributed by atoms with Crippen molar-refractivity contribution in [1.82, 2.24) is 19.4 Å². The lowest BCUT2D eigenvalue weighted by molar-refractivity contribution is -0.133. The van der Waals surface area contributed by atoms with Gasteiger partial charge in [-0.05, 0) is 28.8 Å². The highest BCUT2D eigenvalue weighted by molar-refractivity contribution is 7.89. The maximum atomic E-state index is 13.0. The first-order valence-corrected chi connectivity index (χ1v) is 10.9. The Hall–Kier alpha value is -2.71. The lowest BCUT2D eigenvalue weighted by atomic mass is 10.0. The number of aryl methyl sites for hydroxylation is 1. The molecule has 1 aromatic heterocycles. The summed E-state index contributed by atoms with van der Waals surface area (Å²) in [4.78, 5) is 14.7. The van der Waals surface area contributed by atoms with Crippen LogP contribution in [0.1, 0.15) is 19.4 Å². The number of hydrogen-bond acceptors (Lipinski definition) is 4. The number of rotatable bonds is 7. The first-order valence-electron chi connectivity index (χ1n) is 9.41.